The molecular weight excluding hydrogens is 160 g/mol. The summed E-state index contributed by atoms with van der Waals surface area (Å²) in [7, 11) is -1.14. The summed E-state index contributed by atoms with van der Waals surface area (Å²) in [5, 5.41) is 0.325. The second kappa shape index (κ2) is 3.26. The highest BCUT2D eigenvalue weighted by molar-refractivity contribution is 6.80. The van der Waals surface area contributed by atoms with Crippen molar-refractivity contribution in [1.82, 2.24) is 0 Å². The van der Waals surface area contributed by atoms with E-state index in [1.807, 2.05) is 0 Å². The monoisotopic (exact) mass is 180 g/mol. The highest BCUT2D eigenvalue weighted by Crippen LogP contribution is 2.49. The van der Waals surface area contributed by atoms with E-state index in [0.29, 0.717) is 5.04 Å². The van der Waals surface area contributed by atoms with Crippen LogP contribution in [0.3, 0.4) is 0 Å². The number of terminal acetylenes is 1. The van der Waals surface area contributed by atoms with E-state index >= 15 is 0 Å². The van der Waals surface area contributed by atoms with E-state index in [1.54, 1.807) is 0 Å². The Kier molecular flexibility index (Phi) is 2.68. The fourth-order valence-electron chi connectivity index (χ4n) is 2.27. The quantitative estimate of drug-likeness (QED) is 0.427. The molecule has 0 amide bonds. The van der Waals surface area contributed by atoms with E-state index in [4.69, 9.17) is 6.42 Å². The summed E-state index contributed by atoms with van der Waals surface area (Å²) in [6.45, 7) is 7.24. The Morgan fingerprint density at radius 1 is 1.08 bits per heavy atom. The average Bonchev–Trinajstić information content (AvgIpc) is 2.04. The molecule has 1 saturated carbocycles. The van der Waals surface area contributed by atoms with Crippen LogP contribution in [-0.2, 0) is 0 Å². The third kappa shape index (κ3) is 1.59. The zero-order valence-corrected chi connectivity index (χ0v) is 9.61. The zero-order valence-electron chi connectivity index (χ0n) is 8.61. The molecule has 0 nitrogen and oxygen atoms in total. The minimum absolute atomic E-state index is 0.325. The minimum Gasteiger partial charge on any atom is -0.120 e. The molecule has 0 heterocycles. The molecule has 12 heavy (non-hydrogen) atoms. The number of rotatable bonds is 1. The van der Waals surface area contributed by atoms with E-state index in [0.717, 1.165) is 0 Å². The van der Waals surface area contributed by atoms with Gasteiger partial charge in [-0.3, -0.25) is 0 Å². The predicted octanol–water partition coefficient (Wildman–Crippen LogP) is 3.66. The van der Waals surface area contributed by atoms with Crippen molar-refractivity contribution in [2.75, 3.05) is 0 Å². The standard InChI is InChI=1S/C11H20Si/c1-5-11(12(2,3)4)9-7-6-8-10-11/h1H,6-10H2,2-4H3. The van der Waals surface area contributed by atoms with Crippen LogP contribution in [0.4, 0.5) is 0 Å². The van der Waals surface area contributed by atoms with Crippen molar-refractivity contribution in [1.29, 1.82) is 0 Å². The van der Waals surface area contributed by atoms with E-state index in [1.165, 1.54) is 32.1 Å². The molecule has 0 unspecified atom stereocenters. The molecule has 1 rings (SSSR count). The third-order valence-electron chi connectivity index (χ3n) is 3.42. The van der Waals surface area contributed by atoms with Gasteiger partial charge in [-0.15, -0.1) is 12.3 Å². The molecule has 0 atom stereocenters. The molecule has 1 aliphatic carbocycles. The van der Waals surface area contributed by atoms with E-state index in [-0.39, 0.29) is 0 Å². The van der Waals surface area contributed by atoms with Gasteiger partial charge in [-0.25, -0.2) is 0 Å². The van der Waals surface area contributed by atoms with E-state index in [2.05, 4.69) is 25.6 Å². The van der Waals surface area contributed by atoms with Crippen molar-refractivity contribution >= 4 is 8.07 Å². The van der Waals surface area contributed by atoms with Crippen LogP contribution in [0.25, 0.3) is 0 Å². The maximum absolute atomic E-state index is 5.71. The van der Waals surface area contributed by atoms with Gasteiger partial charge in [0.25, 0.3) is 0 Å². The highest BCUT2D eigenvalue weighted by atomic mass is 28.3. The van der Waals surface area contributed by atoms with Crippen LogP contribution in [0.1, 0.15) is 32.1 Å². The predicted molar refractivity (Wildman–Crippen MR) is 58.0 cm³/mol. The first-order valence-electron chi connectivity index (χ1n) is 5.00. The Morgan fingerprint density at radius 2 is 1.58 bits per heavy atom. The lowest BCUT2D eigenvalue weighted by Gasteiger charge is -2.42. The number of hydrogen-bond acceptors (Lipinski definition) is 0. The molecule has 0 N–H and O–H groups in total. The summed E-state index contributed by atoms with van der Waals surface area (Å²) in [4.78, 5) is 0. The molecule has 0 aromatic carbocycles. The summed E-state index contributed by atoms with van der Waals surface area (Å²) >= 11 is 0. The molecule has 0 aliphatic heterocycles. The Hall–Kier alpha value is -0.223. The molecule has 0 radical (unpaired) electrons. The van der Waals surface area contributed by atoms with Gasteiger partial charge in [0.15, 0.2) is 0 Å². The van der Waals surface area contributed by atoms with Gasteiger partial charge in [-0.1, -0.05) is 38.9 Å². The molecule has 0 saturated heterocycles. The molecule has 1 fully saturated rings. The van der Waals surface area contributed by atoms with Crippen molar-refractivity contribution in [3.63, 3.8) is 0 Å². The van der Waals surface area contributed by atoms with Gasteiger partial charge >= 0.3 is 0 Å². The lowest BCUT2D eigenvalue weighted by molar-refractivity contribution is 0.433. The van der Waals surface area contributed by atoms with Crippen LogP contribution in [0, 0.1) is 12.3 Å². The van der Waals surface area contributed by atoms with Gasteiger partial charge < -0.3 is 0 Å². The maximum atomic E-state index is 5.71. The molecular formula is C11H20Si. The third-order valence-corrected chi connectivity index (χ3v) is 6.93. The van der Waals surface area contributed by atoms with Crippen LogP contribution in [0.5, 0.6) is 0 Å². The molecule has 0 aromatic heterocycles. The summed E-state index contributed by atoms with van der Waals surface area (Å²) < 4.78 is 0. The largest absolute Gasteiger partial charge is 0.120 e. The molecule has 1 aliphatic rings. The molecule has 1 heteroatoms. The molecule has 0 spiro atoms. The van der Waals surface area contributed by atoms with Gasteiger partial charge in [-0.05, 0) is 12.8 Å². The lowest BCUT2D eigenvalue weighted by Crippen LogP contribution is -2.40. The van der Waals surface area contributed by atoms with E-state index < -0.39 is 8.07 Å². The first-order chi connectivity index (χ1) is 5.52. The summed E-state index contributed by atoms with van der Waals surface area (Å²) in [6, 6.07) is 0. The fourth-order valence-corrected chi connectivity index (χ4v) is 4.55. The van der Waals surface area contributed by atoms with Crippen LogP contribution < -0.4 is 0 Å². The van der Waals surface area contributed by atoms with E-state index in [9.17, 15) is 0 Å². The average molecular weight is 180 g/mol. The van der Waals surface area contributed by atoms with Gasteiger partial charge in [-0.2, -0.15) is 0 Å². The van der Waals surface area contributed by atoms with Gasteiger partial charge in [0.2, 0.25) is 0 Å². The Labute approximate surface area is 77.8 Å². The molecule has 0 bridgehead atoms. The zero-order chi connectivity index (χ0) is 9.24. The minimum atomic E-state index is -1.14. The lowest BCUT2D eigenvalue weighted by atomic mass is 9.89. The highest BCUT2D eigenvalue weighted by Gasteiger charge is 2.42. The van der Waals surface area contributed by atoms with Crippen molar-refractivity contribution in [2.24, 2.45) is 0 Å². The molecule has 68 valence electrons. The Balaban J connectivity index is 2.83. The van der Waals surface area contributed by atoms with Crippen molar-refractivity contribution in [3.8, 4) is 12.3 Å². The first-order valence-corrected chi connectivity index (χ1v) is 8.50. The fraction of sp³-hybridized carbons (Fsp3) is 0.818. The maximum Gasteiger partial charge on any atom is 0.0651 e. The van der Waals surface area contributed by atoms with Crippen LogP contribution >= 0.6 is 0 Å². The van der Waals surface area contributed by atoms with Crippen molar-refractivity contribution in [3.05, 3.63) is 0 Å². The van der Waals surface area contributed by atoms with Crippen molar-refractivity contribution in [2.45, 2.75) is 56.8 Å². The van der Waals surface area contributed by atoms with Gasteiger partial charge in [0.1, 0.15) is 0 Å². The second-order valence-corrected chi connectivity index (χ2v) is 10.5. The summed E-state index contributed by atoms with van der Waals surface area (Å²) in [6.07, 6.45) is 12.4. The van der Waals surface area contributed by atoms with Crippen LogP contribution in [0.2, 0.25) is 24.7 Å². The molecule has 0 aromatic rings. The van der Waals surface area contributed by atoms with Crippen LogP contribution in [0.15, 0.2) is 0 Å². The Morgan fingerprint density at radius 3 is 1.83 bits per heavy atom. The second-order valence-electron chi connectivity index (χ2n) is 5.04. The summed E-state index contributed by atoms with van der Waals surface area (Å²) in [5.74, 6) is 3.12. The number of hydrogen-bond donors (Lipinski definition) is 0. The first kappa shape index (κ1) is 9.86. The van der Waals surface area contributed by atoms with Crippen LogP contribution in [-0.4, -0.2) is 8.07 Å². The smallest absolute Gasteiger partial charge is 0.0651 e. The topological polar surface area (TPSA) is 0 Å². The van der Waals surface area contributed by atoms with Gasteiger partial charge in [0.05, 0.1) is 8.07 Å². The normalized spacial score (nSPS) is 23.2. The van der Waals surface area contributed by atoms with Gasteiger partial charge in [0, 0.05) is 5.04 Å². The van der Waals surface area contributed by atoms with Crippen molar-refractivity contribution < 1.29 is 0 Å². The Bertz CT molecular complexity index is 186. The summed E-state index contributed by atoms with van der Waals surface area (Å²) in [5.41, 5.74) is 0. The SMILES string of the molecule is C#CC1([Si](C)(C)C)CCCCC1.